The molecule has 0 aliphatic carbocycles. The van der Waals surface area contributed by atoms with Crippen LogP contribution in [0.4, 0.5) is 4.39 Å². The van der Waals surface area contributed by atoms with Crippen LogP contribution in [0.1, 0.15) is 23.2 Å². The molecule has 8 heteroatoms. The Kier molecular flexibility index (Phi) is 4.95. The van der Waals surface area contributed by atoms with E-state index in [2.05, 4.69) is 0 Å². The highest BCUT2D eigenvalue weighted by molar-refractivity contribution is 7.89. The van der Waals surface area contributed by atoms with E-state index in [0.717, 1.165) is 12.1 Å². The van der Waals surface area contributed by atoms with Crippen molar-refractivity contribution in [2.75, 3.05) is 26.2 Å². The summed E-state index contributed by atoms with van der Waals surface area (Å²) >= 11 is 0. The molecule has 148 valence electrons. The van der Waals surface area contributed by atoms with Crippen LogP contribution in [-0.4, -0.2) is 55.5 Å². The topological polar surface area (TPSA) is 66.9 Å². The summed E-state index contributed by atoms with van der Waals surface area (Å²) in [6.07, 6.45) is 0.790. The number of hydrogen-bond acceptors (Lipinski definition) is 4. The van der Waals surface area contributed by atoms with E-state index >= 15 is 0 Å². The highest BCUT2D eigenvalue weighted by atomic mass is 32.2. The minimum Gasteiger partial charge on any atom is -0.358 e. The number of likely N-dealkylation sites (tertiary alicyclic amines) is 1. The van der Waals surface area contributed by atoms with E-state index in [1.54, 1.807) is 17.0 Å². The van der Waals surface area contributed by atoms with Crippen LogP contribution in [0, 0.1) is 5.82 Å². The summed E-state index contributed by atoms with van der Waals surface area (Å²) in [5.41, 5.74) is -0.345. The van der Waals surface area contributed by atoms with Gasteiger partial charge in [0.15, 0.2) is 0 Å². The number of carbonyl (C=O) groups excluding carboxylic acids is 1. The van der Waals surface area contributed by atoms with Gasteiger partial charge in [0.05, 0.1) is 11.5 Å². The second kappa shape index (κ2) is 7.27. The van der Waals surface area contributed by atoms with Crippen molar-refractivity contribution >= 4 is 15.9 Å². The third-order valence-electron chi connectivity index (χ3n) is 5.37. The molecule has 28 heavy (non-hydrogen) atoms. The lowest BCUT2D eigenvalue weighted by atomic mass is 10.00. The number of benzene rings is 2. The van der Waals surface area contributed by atoms with E-state index in [1.807, 2.05) is 18.2 Å². The van der Waals surface area contributed by atoms with Crippen molar-refractivity contribution in [2.24, 2.45) is 0 Å². The van der Waals surface area contributed by atoms with Gasteiger partial charge in [-0.05, 0) is 36.4 Å². The van der Waals surface area contributed by atoms with Crippen LogP contribution in [0.15, 0.2) is 59.5 Å². The Morgan fingerprint density at radius 2 is 1.61 bits per heavy atom. The van der Waals surface area contributed by atoms with Crippen LogP contribution in [0.25, 0.3) is 0 Å². The standard InChI is InChI=1S/C20H21FN2O4S/c21-17-6-8-18(9-7-17)28(25,26)23-14-15-27-20(23)10-12-22(13-11-20)19(24)16-4-2-1-3-5-16/h1-9H,10-15H2. The quantitative estimate of drug-likeness (QED) is 0.788. The van der Waals surface area contributed by atoms with E-state index in [4.69, 9.17) is 4.74 Å². The molecule has 0 saturated carbocycles. The minimum atomic E-state index is -3.82. The molecular formula is C20H21FN2O4S. The first-order valence-corrected chi connectivity index (χ1v) is 10.6. The predicted octanol–water partition coefficient (Wildman–Crippen LogP) is 2.48. The maximum Gasteiger partial charge on any atom is 0.253 e. The summed E-state index contributed by atoms with van der Waals surface area (Å²) in [6, 6.07) is 13.8. The van der Waals surface area contributed by atoms with Gasteiger partial charge in [0.2, 0.25) is 10.0 Å². The first kappa shape index (κ1) is 19.0. The summed E-state index contributed by atoms with van der Waals surface area (Å²) in [7, 11) is -3.82. The van der Waals surface area contributed by atoms with Crippen molar-refractivity contribution in [2.45, 2.75) is 23.5 Å². The monoisotopic (exact) mass is 404 g/mol. The van der Waals surface area contributed by atoms with Gasteiger partial charge in [0.25, 0.3) is 5.91 Å². The summed E-state index contributed by atoms with van der Waals surface area (Å²) in [5.74, 6) is -0.555. The molecule has 0 unspecified atom stereocenters. The fourth-order valence-electron chi connectivity index (χ4n) is 3.88. The normalized spacial score (nSPS) is 19.8. The SMILES string of the molecule is O=C(c1ccccc1)N1CCC2(CC1)OCCN2S(=O)(=O)c1ccc(F)cc1. The van der Waals surface area contributed by atoms with E-state index in [1.165, 1.54) is 16.4 Å². The molecule has 2 aliphatic heterocycles. The van der Waals surface area contributed by atoms with Gasteiger partial charge in [-0.25, -0.2) is 12.8 Å². The Morgan fingerprint density at radius 3 is 2.25 bits per heavy atom. The molecule has 2 saturated heterocycles. The summed E-state index contributed by atoms with van der Waals surface area (Å²) in [4.78, 5) is 14.4. The number of amides is 1. The number of ether oxygens (including phenoxy) is 1. The minimum absolute atomic E-state index is 0.0431. The molecule has 0 bridgehead atoms. The number of halogens is 1. The third kappa shape index (κ3) is 3.32. The Morgan fingerprint density at radius 1 is 0.964 bits per heavy atom. The summed E-state index contributed by atoms with van der Waals surface area (Å²) in [6.45, 7) is 1.35. The van der Waals surface area contributed by atoms with Crippen molar-refractivity contribution < 1.29 is 22.3 Å². The molecule has 0 radical (unpaired) electrons. The molecule has 2 fully saturated rings. The van der Waals surface area contributed by atoms with Crippen molar-refractivity contribution in [3.63, 3.8) is 0 Å². The number of piperidine rings is 1. The fraction of sp³-hybridized carbons (Fsp3) is 0.350. The molecular weight excluding hydrogens is 383 g/mol. The lowest BCUT2D eigenvalue weighted by Crippen LogP contribution is -2.55. The average Bonchev–Trinajstić information content (AvgIpc) is 3.13. The van der Waals surface area contributed by atoms with Gasteiger partial charge < -0.3 is 9.64 Å². The molecule has 0 atom stereocenters. The van der Waals surface area contributed by atoms with Gasteiger partial charge in [-0.2, -0.15) is 4.31 Å². The number of nitrogens with zero attached hydrogens (tertiary/aromatic N) is 2. The highest BCUT2D eigenvalue weighted by Gasteiger charge is 2.51. The van der Waals surface area contributed by atoms with E-state index in [-0.39, 0.29) is 17.3 Å². The average molecular weight is 404 g/mol. The van der Waals surface area contributed by atoms with Gasteiger partial charge in [-0.15, -0.1) is 0 Å². The van der Waals surface area contributed by atoms with E-state index < -0.39 is 21.6 Å². The summed E-state index contributed by atoms with van der Waals surface area (Å²) < 4.78 is 46.7. The molecule has 1 spiro atoms. The first-order chi connectivity index (χ1) is 13.4. The fourth-order valence-corrected chi connectivity index (χ4v) is 5.61. The number of carbonyl (C=O) groups is 1. The molecule has 0 aromatic heterocycles. The molecule has 2 aliphatic rings. The van der Waals surface area contributed by atoms with Crippen molar-refractivity contribution in [3.8, 4) is 0 Å². The van der Waals surface area contributed by atoms with Crippen molar-refractivity contribution in [1.29, 1.82) is 0 Å². The summed E-state index contributed by atoms with van der Waals surface area (Å²) in [5, 5.41) is 0. The second-order valence-corrected chi connectivity index (χ2v) is 8.85. The number of sulfonamides is 1. The van der Waals surface area contributed by atoms with E-state index in [9.17, 15) is 17.6 Å². The van der Waals surface area contributed by atoms with Gasteiger partial charge in [0.1, 0.15) is 11.5 Å². The van der Waals surface area contributed by atoms with Gasteiger partial charge in [0, 0.05) is 38.0 Å². The Labute approximate surface area is 163 Å². The van der Waals surface area contributed by atoms with Gasteiger partial charge in [-0.1, -0.05) is 18.2 Å². The van der Waals surface area contributed by atoms with Crippen LogP contribution in [0.5, 0.6) is 0 Å². The molecule has 4 rings (SSSR count). The van der Waals surface area contributed by atoms with Crippen LogP contribution in [-0.2, 0) is 14.8 Å². The molecule has 0 N–H and O–H groups in total. The Balaban J connectivity index is 1.52. The smallest absolute Gasteiger partial charge is 0.253 e. The van der Waals surface area contributed by atoms with Crippen molar-refractivity contribution in [3.05, 3.63) is 66.0 Å². The number of hydrogen-bond donors (Lipinski definition) is 0. The van der Waals surface area contributed by atoms with Crippen molar-refractivity contribution in [1.82, 2.24) is 9.21 Å². The first-order valence-electron chi connectivity index (χ1n) is 9.19. The highest BCUT2D eigenvalue weighted by Crippen LogP contribution is 2.38. The van der Waals surface area contributed by atoms with Crippen LogP contribution in [0.2, 0.25) is 0 Å². The predicted molar refractivity (Wildman–Crippen MR) is 101 cm³/mol. The third-order valence-corrected chi connectivity index (χ3v) is 7.34. The number of rotatable bonds is 3. The maximum absolute atomic E-state index is 13.2. The second-order valence-electron chi connectivity index (χ2n) is 6.98. The largest absolute Gasteiger partial charge is 0.358 e. The zero-order valence-electron chi connectivity index (χ0n) is 15.3. The zero-order valence-corrected chi connectivity index (χ0v) is 16.1. The lowest BCUT2D eigenvalue weighted by Gasteiger charge is -2.42. The molecule has 6 nitrogen and oxygen atoms in total. The zero-order chi connectivity index (χ0) is 19.8. The molecule has 1 amide bonds. The van der Waals surface area contributed by atoms with Crippen LogP contribution < -0.4 is 0 Å². The molecule has 2 aromatic rings. The molecule has 2 aromatic carbocycles. The Hall–Kier alpha value is -2.29. The Bertz CT molecular complexity index is 955. The maximum atomic E-state index is 13.2. The molecule has 2 heterocycles. The van der Waals surface area contributed by atoms with Gasteiger partial charge in [-0.3, -0.25) is 4.79 Å². The van der Waals surface area contributed by atoms with E-state index in [0.29, 0.717) is 38.1 Å². The van der Waals surface area contributed by atoms with Gasteiger partial charge >= 0.3 is 0 Å². The van der Waals surface area contributed by atoms with Crippen LogP contribution >= 0.6 is 0 Å². The lowest BCUT2D eigenvalue weighted by molar-refractivity contribution is -0.0857. The van der Waals surface area contributed by atoms with Crippen LogP contribution in [0.3, 0.4) is 0 Å².